The van der Waals surface area contributed by atoms with Gasteiger partial charge in [0.2, 0.25) is 11.8 Å². The Hall–Kier alpha value is -3.12. The van der Waals surface area contributed by atoms with Crippen molar-refractivity contribution in [3.63, 3.8) is 0 Å². The molecule has 0 bridgehead atoms. The number of rotatable bonds is 4. The highest BCUT2D eigenvalue weighted by Crippen LogP contribution is 2.26. The fourth-order valence-corrected chi connectivity index (χ4v) is 3.39. The van der Waals surface area contributed by atoms with Crippen LogP contribution in [0.15, 0.2) is 88.8 Å². The van der Waals surface area contributed by atoms with Gasteiger partial charge in [-0.15, -0.1) is 0 Å². The molecule has 0 N–H and O–H groups in total. The summed E-state index contributed by atoms with van der Waals surface area (Å²) in [6.07, 6.45) is 0. The first-order valence-corrected chi connectivity index (χ1v) is 9.36. The Morgan fingerprint density at radius 2 is 1.03 bits per heavy atom. The number of pyridine rings is 1. The standard InChI is InChI=1S/C23H19N3O2.H2S/c1-3-8-16(9-4-1)20-14-27-22(25-20)18-12-7-13-19(24-18)23-26-21(15-28-23)17-10-5-2-6-11-17;/h1-13,20-21H,14-15H2;1H2/t20-,21-;/m1./s1. The van der Waals surface area contributed by atoms with Gasteiger partial charge in [-0.1, -0.05) is 66.7 Å². The first-order chi connectivity index (χ1) is 13.9. The molecule has 0 aliphatic carbocycles. The maximum Gasteiger partial charge on any atom is 0.236 e. The van der Waals surface area contributed by atoms with E-state index in [0.29, 0.717) is 36.4 Å². The third-order valence-electron chi connectivity index (χ3n) is 4.86. The lowest BCUT2D eigenvalue weighted by Crippen LogP contribution is -2.09. The van der Waals surface area contributed by atoms with Gasteiger partial charge in [-0.3, -0.25) is 0 Å². The summed E-state index contributed by atoms with van der Waals surface area (Å²) in [5.74, 6) is 1.13. The van der Waals surface area contributed by atoms with Crippen molar-refractivity contribution >= 4 is 25.3 Å². The molecule has 6 heteroatoms. The van der Waals surface area contributed by atoms with Crippen LogP contribution in [0, 0.1) is 0 Å². The van der Waals surface area contributed by atoms with Crippen LogP contribution in [0.1, 0.15) is 34.6 Å². The van der Waals surface area contributed by atoms with Crippen molar-refractivity contribution in [2.45, 2.75) is 12.1 Å². The Bertz CT molecular complexity index is 958. The SMILES string of the molecule is S.c1ccc([C@H]2COC(c3cccc(C4=N[C@@H](c5ccccc5)CO4)n3)=N2)cc1. The maximum atomic E-state index is 5.82. The molecule has 2 aliphatic heterocycles. The highest BCUT2D eigenvalue weighted by atomic mass is 32.1. The zero-order valence-electron chi connectivity index (χ0n) is 15.7. The van der Waals surface area contributed by atoms with Gasteiger partial charge in [0.15, 0.2) is 0 Å². The summed E-state index contributed by atoms with van der Waals surface area (Å²) in [7, 11) is 0. The van der Waals surface area contributed by atoms with Crippen LogP contribution in [0.25, 0.3) is 0 Å². The van der Waals surface area contributed by atoms with Gasteiger partial charge >= 0.3 is 0 Å². The minimum atomic E-state index is 0. The van der Waals surface area contributed by atoms with Gasteiger partial charge in [0.25, 0.3) is 0 Å². The van der Waals surface area contributed by atoms with Crippen molar-refractivity contribution in [1.82, 2.24) is 4.98 Å². The molecule has 2 atom stereocenters. The van der Waals surface area contributed by atoms with Crippen LogP contribution in [-0.4, -0.2) is 30.0 Å². The van der Waals surface area contributed by atoms with E-state index >= 15 is 0 Å². The van der Waals surface area contributed by atoms with Crippen molar-refractivity contribution in [1.29, 1.82) is 0 Å². The Morgan fingerprint density at radius 3 is 1.48 bits per heavy atom. The predicted molar refractivity (Wildman–Crippen MR) is 118 cm³/mol. The molecular weight excluding hydrogens is 382 g/mol. The molecular formula is C23H21N3O2S. The summed E-state index contributed by atoms with van der Waals surface area (Å²) < 4.78 is 11.6. The number of aliphatic imine (C=N–C) groups is 2. The highest BCUT2D eigenvalue weighted by molar-refractivity contribution is 7.59. The second kappa shape index (κ2) is 8.49. The number of nitrogens with zero attached hydrogens (tertiary/aromatic N) is 3. The topological polar surface area (TPSA) is 56.1 Å². The third-order valence-corrected chi connectivity index (χ3v) is 4.86. The Kier molecular flexibility index (Phi) is 5.62. The van der Waals surface area contributed by atoms with Crippen LogP contribution >= 0.6 is 13.5 Å². The summed E-state index contributed by atoms with van der Waals surface area (Å²) in [5.41, 5.74) is 3.68. The Morgan fingerprint density at radius 1 is 0.586 bits per heavy atom. The van der Waals surface area contributed by atoms with Crippen LogP contribution in [0.5, 0.6) is 0 Å². The molecule has 5 nitrogen and oxygen atoms in total. The lowest BCUT2D eigenvalue weighted by Gasteiger charge is -2.04. The summed E-state index contributed by atoms with van der Waals surface area (Å²) >= 11 is 0. The Balaban J connectivity index is 0.00000205. The average molecular weight is 404 g/mol. The number of aromatic nitrogens is 1. The zero-order chi connectivity index (χ0) is 18.8. The fraction of sp³-hybridized carbons (Fsp3) is 0.174. The summed E-state index contributed by atoms with van der Waals surface area (Å²) in [6.45, 7) is 1.05. The van der Waals surface area contributed by atoms with Crippen molar-refractivity contribution in [3.8, 4) is 0 Å². The van der Waals surface area contributed by atoms with Gasteiger partial charge in [-0.25, -0.2) is 15.0 Å². The van der Waals surface area contributed by atoms with Crippen molar-refractivity contribution in [2.75, 3.05) is 13.2 Å². The van der Waals surface area contributed by atoms with E-state index in [1.165, 1.54) is 0 Å². The number of benzene rings is 2. The van der Waals surface area contributed by atoms with E-state index in [1.807, 2.05) is 54.6 Å². The van der Waals surface area contributed by atoms with Gasteiger partial charge in [-0.05, 0) is 23.3 Å². The van der Waals surface area contributed by atoms with Crippen molar-refractivity contribution < 1.29 is 9.47 Å². The molecule has 2 aliphatic rings. The smallest absolute Gasteiger partial charge is 0.236 e. The molecule has 0 saturated carbocycles. The molecule has 3 heterocycles. The van der Waals surface area contributed by atoms with Crippen LogP contribution in [0.2, 0.25) is 0 Å². The van der Waals surface area contributed by atoms with Crippen LogP contribution in [0.3, 0.4) is 0 Å². The van der Waals surface area contributed by atoms with Crippen LogP contribution in [-0.2, 0) is 9.47 Å². The second-order valence-electron chi connectivity index (χ2n) is 6.75. The van der Waals surface area contributed by atoms with Gasteiger partial charge < -0.3 is 9.47 Å². The largest absolute Gasteiger partial charge is 0.474 e. The summed E-state index contributed by atoms with van der Waals surface area (Å²) in [4.78, 5) is 14.1. The molecule has 5 rings (SSSR count). The second-order valence-corrected chi connectivity index (χ2v) is 6.75. The van der Waals surface area contributed by atoms with E-state index in [9.17, 15) is 0 Å². The molecule has 0 unspecified atom stereocenters. The highest BCUT2D eigenvalue weighted by Gasteiger charge is 2.25. The van der Waals surface area contributed by atoms with E-state index < -0.39 is 0 Å². The lowest BCUT2D eigenvalue weighted by atomic mass is 10.1. The quantitative estimate of drug-likeness (QED) is 0.655. The maximum absolute atomic E-state index is 5.82. The van der Waals surface area contributed by atoms with Crippen LogP contribution < -0.4 is 0 Å². The average Bonchev–Trinajstić information content (AvgIpc) is 3.46. The van der Waals surface area contributed by atoms with Gasteiger partial charge in [-0.2, -0.15) is 13.5 Å². The van der Waals surface area contributed by atoms with E-state index in [1.54, 1.807) is 0 Å². The molecule has 0 spiro atoms. The number of hydrogen-bond acceptors (Lipinski definition) is 5. The van der Waals surface area contributed by atoms with E-state index in [4.69, 9.17) is 19.5 Å². The zero-order valence-corrected chi connectivity index (χ0v) is 16.7. The van der Waals surface area contributed by atoms with Crippen molar-refractivity contribution in [3.05, 3.63) is 101 Å². The molecule has 3 aromatic rings. The minimum Gasteiger partial charge on any atom is -0.474 e. The van der Waals surface area contributed by atoms with Gasteiger partial charge in [0, 0.05) is 0 Å². The van der Waals surface area contributed by atoms with Gasteiger partial charge in [0.05, 0.1) is 0 Å². The number of hydrogen-bond donors (Lipinski definition) is 0. The monoisotopic (exact) mass is 403 g/mol. The summed E-state index contributed by atoms with van der Waals surface area (Å²) in [6, 6.07) is 26.1. The normalized spacial score (nSPS) is 20.1. The molecule has 1 aromatic heterocycles. The molecule has 0 saturated heterocycles. The molecule has 146 valence electrons. The first kappa shape index (κ1) is 19.2. The van der Waals surface area contributed by atoms with E-state index in [2.05, 4.69) is 29.2 Å². The lowest BCUT2D eigenvalue weighted by molar-refractivity contribution is 0.317. The van der Waals surface area contributed by atoms with Crippen molar-refractivity contribution in [2.24, 2.45) is 9.98 Å². The van der Waals surface area contributed by atoms with Crippen LogP contribution in [0.4, 0.5) is 0 Å². The summed E-state index contributed by atoms with van der Waals surface area (Å²) in [5, 5.41) is 0. The molecule has 0 fully saturated rings. The minimum absolute atomic E-state index is 0. The van der Waals surface area contributed by atoms with E-state index in [0.717, 1.165) is 11.1 Å². The Labute approximate surface area is 176 Å². The number of ether oxygens (including phenoxy) is 2. The molecule has 0 amide bonds. The predicted octanol–water partition coefficient (Wildman–Crippen LogP) is 4.23. The first-order valence-electron chi connectivity index (χ1n) is 9.36. The molecule has 2 aromatic carbocycles. The van der Waals surface area contributed by atoms with E-state index in [-0.39, 0.29) is 25.6 Å². The molecule has 29 heavy (non-hydrogen) atoms. The molecule has 0 radical (unpaired) electrons. The fourth-order valence-electron chi connectivity index (χ4n) is 3.39. The third kappa shape index (κ3) is 4.03. The van der Waals surface area contributed by atoms with Gasteiger partial charge in [0.1, 0.15) is 36.7 Å².